The third-order valence-electron chi connectivity index (χ3n) is 6.36. The van der Waals surface area contributed by atoms with E-state index in [1.54, 1.807) is 11.8 Å². The molecule has 0 radical (unpaired) electrons. The molecule has 0 saturated carbocycles. The van der Waals surface area contributed by atoms with Gasteiger partial charge < -0.3 is 15.2 Å². The summed E-state index contributed by atoms with van der Waals surface area (Å²) in [6.45, 7) is 10.5. The SMILES string of the molecule is CC(C)CNC(=O)[C@H](C(C)C)N1C(=O)N2CCc3c([nH]c4ccccc34)[C@]2(C)C1=O. The standard InChI is InChI=1S/C23H30N4O3/c1-13(2)12-24-20(28)18(14(3)4)27-21(29)23(5)19-16(10-11-26(23)22(27)30)15-8-6-7-9-17(15)25-19/h6-9,13-14,18,25H,10-12H2,1-5H3,(H,24,28)/t18-,23+/m0/s1. The Hall–Kier alpha value is -2.83. The molecule has 3 heterocycles. The summed E-state index contributed by atoms with van der Waals surface area (Å²) in [6.07, 6.45) is 0.674. The molecule has 1 aromatic carbocycles. The minimum Gasteiger partial charge on any atom is -0.356 e. The van der Waals surface area contributed by atoms with Crippen LogP contribution in [-0.2, 0) is 21.5 Å². The Morgan fingerprint density at radius 1 is 1.20 bits per heavy atom. The molecular formula is C23H30N4O3. The molecule has 2 aliphatic rings. The molecule has 160 valence electrons. The fourth-order valence-corrected chi connectivity index (χ4v) is 4.79. The molecule has 7 heteroatoms. The van der Waals surface area contributed by atoms with Gasteiger partial charge in [0, 0.05) is 24.0 Å². The number of carbonyl (C=O) groups excluding carboxylic acids is 3. The van der Waals surface area contributed by atoms with Crippen LogP contribution in [0.1, 0.15) is 45.9 Å². The van der Waals surface area contributed by atoms with E-state index in [0.29, 0.717) is 19.5 Å². The van der Waals surface area contributed by atoms with Gasteiger partial charge in [-0.15, -0.1) is 0 Å². The van der Waals surface area contributed by atoms with Gasteiger partial charge in [-0.3, -0.25) is 9.59 Å². The highest BCUT2D eigenvalue weighted by atomic mass is 16.2. The monoisotopic (exact) mass is 410 g/mol. The minimum absolute atomic E-state index is 0.197. The van der Waals surface area contributed by atoms with E-state index >= 15 is 0 Å². The fraction of sp³-hybridized carbons (Fsp3) is 0.522. The molecular weight excluding hydrogens is 380 g/mol. The second-order valence-electron chi connectivity index (χ2n) is 9.28. The van der Waals surface area contributed by atoms with Gasteiger partial charge in [0.1, 0.15) is 6.04 Å². The van der Waals surface area contributed by atoms with Crippen molar-refractivity contribution in [1.82, 2.24) is 20.1 Å². The van der Waals surface area contributed by atoms with Crippen LogP contribution in [0.15, 0.2) is 24.3 Å². The third kappa shape index (κ3) is 2.82. The van der Waals surface area contributed by atoms with Crippen LogP contribution in [0.25, 0.3) is 10.9 Å². The van der Waals surface area contributed by atoms with Crippen molar-refractivity contribution in [2.45, 2.75) is 52.6 Å². The van der Waals surface area contributed by atoms with Crippen molar-refractivity contribution in [2.24, 2.45) is 11.8 Å². The lowest BCUT2D eigenvalue weighted by atomic mass is 9.86. The van der Waals surface area contributed by atoms with Crippen LogP contribution in [0, 0.1) is 11.8 Å². The van der Waals surface area contributed by atoms with Crippen LogP contribution in [0.4, 0.5) is 4.79 Å². The number of nitrogens with zero attached hydrogens (tertiary/aromatic N) is 2. The van der Waals surface area contributed by atoms with Crippen LogP contribution in [0.2, 0.25) is 0 Å². The van der Waals surface area contributed by atoms with Crippen molar-refractivity contribution >= 4 is 28.7 Å². The molecule has 0 bridgehead atoms. The van der Waals surface area contributed by atoms with E-state index < -0.39 is 11.6 Å². The van der Waals surface area contributed by atoms with Gasteiger partial charge in [-0.1, -0.05) is 45.9 Å². The number of aromatic amines is 1. The van der Waals surface area contributed by atoms with Crippen LogP contribution in [-0.4, -0.2) is 51.8 Å². The highest BCUT2D eigenvalue weighted by molar-refractivity contribution is 6.11. The van der Waals surface area contributed by atoms with Crippen molar-refractivity contribution in [3.63, 3.8) is 0 Å². The number of H-pyrrole nitrogens is 1. The molecule has 30 heavy (non-hydrogen) atoms. The number of para-hydroxylation sites is 1. The number of benzene rings is 1. The van der Waals surface area contributed by atoms with E-state index in [9.17, 15) is 14.4 Å². The van der Waals surface area contributed by atoms with E-state index in [2.05, 4.69) is 10.3 Å². The predicted molar refractivity (Wildman–Crippen MR) is 115 cm³/mol. The summed E-state index contributed by atoms with van der Waals surface area (Å²) in [7, 11) is 0. The predicted octanol–water partition coefficient (Wildman–Crippen LogP) is 3.00. The van der Waals surface area contributed by atoms with E-state index in [0.717, 1.165) is 22.2 Å². The average molecular weight is 411 g/mol. The van der Waals surface area contributed by atoms with Gasteiger partial charge in [-0.2, -0.15) is 0 Å². The lowest BCUT2D eigenvalue weighted by molar-refractivity contribution is -0.140. The number of hydrogen-bond acceptors (Lipinski definition) is 3. The Bertz CT molecular complexity index is 1020. The summed E-state index contributed by atoms with van der Waals surface area (Å²) in [5, 5.41) is 3.99. The number of rotatable bonds is 5. The van der Waals surface area contributed by atoms with Gasteiger partial charge in [0.2, 0.25) is 5.91 Å². The number of urea groups is 1. The molecule has 1 fully saturated rings. The highest BCUT2D eigenvalue weighted by Gasteiger charge is 2.61. The number of amides is 4. The van der Waals surface area contributed by atoms with E-state index in [1.807, 2.05) is 52.0 Å². The molecule has 4 amide bonds. The average Bonchev–Trinajstić information content (AvgIpc) is 3.16. The topological polar surface area (TPSA) is 85.5 Å². The van der Waals surface area contributed by atoms with E-state index in [-0.39, 0.29) is 29.7 Å². The van der Waals surface area contributed by atoms with E-state index in [1.165, 1.54) is 4.90 Å². The smallest absolute Gasteiger partial charge is 0.328 e. The zero-order valence-electron chi connectivity index (χ0n) is 18.3. The van der Waals surface area contributed by atoms with Crippen molar-refractivity contribution in [3.05, 3.63) is 35.5 Å². The Labute approximate surface area is 176 Å². The van der Waals surface area contributed by atoms with Crippen molar-refractivity contribution in [1.29, 1.82) is 0 Å². The number of aromatic nitrogens is 1. The molecule has 2 aliphatic heterocycles. The summed E-state index contributed by atoms with van der Waals surface area (Å²) in [5.41, 5.74) is 1.67. The molecule has 0 aliphatic carbocycles. The summed E-state index contributed by atoms with van der Waals surface area (Å²) < 4.78 is 0. The summed E-state index contributed by atoms with van der Waals surface area (Å²) in [4.78, 5) is 46.4. The van der Waals surface area contributed by atoms with E-state index in [4.69, 9.17) is 0 Å². The van der Waals surface area contributed by atoms with Gasteiger partial charge in [-0.05, 0) is 36.8 Å². The molecule has 0 unspecified atom stereocenters. The van der Waals surface area contributed by atoms with Gasteiger partial charge in [0.15, 0.2) is 5.54 Å². The summed E-state index contributed by atoms with van der Waals surface area (Å²) in [6, 6.07) is 6.73. The molecule has 7 nitrogen and oxygen atoms in total. The van der Waals surface area contributed by atoms with Crippen LogP contribution in [0.5, 0.6) is 0 Å². The Kier molecular flexibility index (Phi) is 4.87. The first kappa shape index (κ1) is 20.4. The summed E-state index contributed by atoms with van der Waals surface area (Å²) >= 11 is 0. The zero-order valence-corrected chi connectivity index (χ0v) is 18.3. The lowest BCUT2D eigenvalue weighted by Gasteiger charge is -2.36. The molecule has 4 rings (SSSR count). The quantitative estimate of drug-likeness (QED) is 0.743. The molecule has 2 aromatic rings. The van der Waals surface area contributed by atoms with Crippen molar-refractivity contribution in [2.75, 3.05) is 13.1 Å². The Balaban J connectivity index is 1.76. The van der Waals surface area contributed by atoms with Gasteiger partial charge >= 0.3 is 6.03 Å². The van der Waals surface area contributed by atoms with Crippen LogP contribution in [0.3, 0.4) is 0 Å². The number of fused-ring (bicyclic) bond motifs is 5. The lowest BCUT2D eigenvalue weighted by Crippen LogP contribution is -2.53. The molecule has 2 atom stereocenters. The molecule has 1 saturated heterocycles. The highest BCUT2D eigenvalue weighted by Crippen LogP contribution is 2.45. The van der Waals surface area contributed by atoms with Crippen molar-refractivity contribution < 1.29 is 14.4 Å². The zero-order chi connectivity index (χ0) is 21.8. The Morgan fingerprint density at radius 2 is 1.90 bits per heavy atom. The number of carbonyl (C=O) groups is 3. The second-order valence-corrected chi connectivity index (χ2v) is 9.28. The first-order valence-corrected chi connectivity index (χ1v) is 10.7. The van der Waals surface area contributed by atoms with Crippen LogP contribution < -0.4 is 5.32 Å². The molecule has 0 spiro atoms. The second kappa shape index (κ2) is 7.15. The van der Waals surface area contributed by atoms with Gasteiger partial charge in [0.25, 0.3) is 5.91 Å². The maximum Gasteiger partial charge on any atom is 0.328 e. The first-order valence-electron chi connectivity index (χ1n) is 10.7. The summed E-state index contributed by atoms with van der Waals surface area (Å²) in [5.74, 6) is -0.527. The van der Waals surface area contributed by atoms with Crippen molar-refractivity contribution in [3.8, 4) is 0 Å². The largest absolute Gasteiger partial charge is 0.356 e. The maximum absolute atomic E-state index is 13.8. The number of nitrogens with one attached hydrogen (secondary N) is 2. The third-order valence-corrected chi connectivity index (χ3v) is 6.36. The maximum atomic E-state index is 13.8. The van der Waals surface area contributed by atoms with Crippen LogP contribution >= 0.6 is 0 Å². The first-order chi connectivity index (χ1) is 14.2. The normalized spacial score (nSPS) is 22.1. The van der Waals surface area contributed by atoms with Gasteiger partial charge in [-0.25, -0.2) is 9.69 Å². The molecule has 2 N–H and O–H groups in total. The molecule has 1 aromatic heterocycles. The Morgan fingerprint density at radius 3 is 2.57 bits per heavy atom. The minimum atomic E-state index is -1.13. The fourth-order valence-electron chi connectivity index (χ4n) is 4.79. The number of hydrogen-bond donors (Lipinski definition) is 2. The number of imide groups is 1. The van der Waals surface area contributed by atoms with Gasteiger partial charge in [0.05, 0.1) is 5.69 Å².